The van der Waals surface area contributed by atoms with E-state index < -0.39 is 9.84 Å². The number of halogens is 2. The molecule has 0 saturated heterocycles. The Balaban J connectivity index is 2.51. The first-order valence-corrected chi connectivity index (χ1v) is 8.77. The van der Waals surface area contributed by atoms with Crippen LogP contribution in [0.2, 0.25) is 5.02 Å². The molecule has 2 rings (SSSR count). The van der Waals surface area contributed by atoms with Crippen molar-refractivity contribution in [3.05, 3.63) is 29.0 Å². The first-order valence-electron chi connectivity index (χ1n) is 5.79. The Hall–Kier alpha value is -0.780. The molecule has 0 saturated carbocycles. The predicted molar refractivity (Wildman–Crippen MR) is 78.9 cm³/mol. The van der Waals surface area contributed by atoms with Crippen LogP contribution in [0.15, 0.2) is 18.2 Å². The van der Waals surface area contributed by atoms with E-state index in [1.165, 1.54) is 6.26 Å². The molecule has 1 heterocycles. The summed E-state index contributed by atoms with van der Waals surface area (Å²) in [5, 5.41) is 0.569. The lowest BCUT2D eigenvalue weighted by Gasteiger charge is -2.08. The van der Waals surface area contributed by atoms with Crippen LogP contribution in [-0.2, 0) is 22.8 Å². The van der Waals surface area contributed by atoms with Crippen molar-refractivity contribution in [2.75, 3.05) is 17.9 Å². The maximum Gasteiger partial charge on any atom is 0.149 e. The van der Waals surface area contributed by atoms with Crippen LogP contribution >= 0.6 is 23.2 Å². The van der Waals surface area contributed by atoms with Gasteiger partial charge in [0, 0.05) is 25.1 Å². The molecule has 19 heavy (non-hydrogen) atoms. The number of benzene rings is 1. The van der Waals surface area contributed by atoms with Crippen LogP contribution in [0.3, 0.4) is 0 Å². The number of alkyl halides is 1. The van der Waals surface area contributed by atoms with Crippen molar-refractivity contribution >= 4 is 44.1 Å². The Morgan fingerprint density at radius 3 is 2.74 bits per heavy atom. The van der Waals surface area contributed by atoms with E-state index in [4.69, 9.17) is 23.2 Å². The molecule has 0 spiro atoms. The number of para-hydroxylation sites is 1. The fourth-order valence-electron chi connectivity index (χ4n) is 1.96. The minimum absolute atomic E-state index is 0.0545. The van der Waals surface area contributed by atoms with Gasteiger partial charge in [-0.05, 0) is 12.1 Å². The number of rotatable bonds is 5. The Bertz CT molecular complexity index is 695. The number of hydrogen-bond donors (Lipinski definition) is 0. The molecule has 0 aliphatic rings. The summed E-state index contributed by atoms with van der Waals surface area (Å²) in [4.78, 5) is 4.46. The van der Waals surface area contributed by atoms with Crippen LogP contribution in [0.25, 0.3) is 11.0 Å². The number of aryl methyl sites for hydroxylation is 2. The number of fused-ring (bicyclic) bond motifs is 1. The first-order chi connectivity index (χ1) is 8.92. The maximum absolute atomic E-state index is 11.3. The molecule has 7 heteroatoms. The number of sulfone groups is 1. The Morgan fingerprint density at radius 2 is 2.11 bits per heavy atom. The number of aromatic nitrogens is 2. The van der Waals surface area contributed by atoms with Crippen LogP contribution in [0.1, 0.15) is 5.82 Å². The van der Waals surface area contributed by atoms with Crippen molar-refractivity contribution in [3.63, 3.8) is 0 Å². The molecule has 0 atom stereocenters. The summed E-state index contributed by atoms with van der Waals surface area (Å²) in [7, 11) is -3.04. The summed E-state index contributed by atoms with van der Waals surface area (Å²) in [6.07, 6.45) is 1.80. The molecule has 0 bridgehead atoms. The molecule has 0 radical (unpaired) electrons. The van der Waals surface area contributed by atoms with E-state index in [0.29, 0.717) is 23.9 Å². The van der Waals surface area contributed by atoms with E-state index in [1.807, 2.05) is 16.7 Å². The van der Waals surface area contributed by atoms with Crippen LogP contribution in [0.4, 0.5) is 0 Å². The van der Waals surface area contributed by atoms with E-state index >= 15 is 0 Å². The molecular formula is C12H14Cl2N2O2S. The van der Waals surface area contributed by atoms with E-state index in [1.54, 1.807) is 6.07 Å². The van der Waals surface area contributed by atoms with E-state index in [-0.39, 0.29) is 5.75 Å². The molecule has 0 aliphatic heterocycles. The summed E-state index contributed by atoms with van der Waals surface area (Å²) in [6.45, 7) is 0.339. The summed E-state index contributed by atoms with van der Waals surface area (Å²) in [6, 6.07) is 5.45. The third kappa shape index (κ3) is 3.41. The number of nitrogens with zero attached hydrogens (tertiary/aromatic N) is 2. The average Bonchev–Trinajstić information content (AvgIpc) is 2.65. The molecule has 0 aliphatic carbocycles. The summed E-state index contributed by atoms with van der Waals surface area (Å²) in [5.41, 5.74) is 1.54. The van der Waals surface area contributed by atoms with Crippen LogP contribution in [-0.4, -0.2) is 35.9 Å². The fourth-order valence-corrected chi connectivity index (χ4v) is 2.92. The quantitative estimate of drug-likeness (QED) is 0.795. The highest BCUT2D eigenvalue weighted by molar-refractivity contribution is 7.90. The molecule has 0 unspecified atom stereocenters. The highest BCUT2D eigenvalue weighted by atomic mass is 35.5. The molecule has 104 valence electrons. The third-order valence-electron chi connectivity index (χ3n) is 2.80. The minimum atomic E-state index is -3.04. The summed E-state index contributed by atoms with van der Waals surface area (Å²) >= 11 is 11.9. The van der Waals surface area contributed by atoms with Crippen LogP contribution < -0.4 is 0 Å². The fraction of sp³-hybridized carbons (Fsp3) is 0.417. The summed E-state index contributed by atoms with van der Waals surface area (Å²) < 4.78 is 24.5. The zero-order chi connectivity index (χ0) is 14.0. The smallest absolute Gasteiger partial charge is 0.149 e. The Labute approximate surface area is 122 Å². The maximum atomic E-state index is 11.3. The highest BCUT2D eigenvalue weighted by Crippen LogP contribution is 2.25. The predicted octanol–water partition coefficient (Wildman–Crippen LogP) is 2.52. The van der Waals surface area contributed by atoms with Crippen LogP contribution in [0.5, 0.6) is 0 Å². The zero-order valence-electron chi connectivity index (χ0n) is 10.4. The molecule has 2 aromatic rings. The SMILES string of the molecule is CS(=O)(=O)CCn1c(CCCl)nc2cccc(Cl)c21. The van der Waals surface area contributed by atoms with E-state index in [9.17, 15) is 8.42 Å². The third-order valence-corrected chi connectivity index (χ3v) is 4.22. The standard InChI is InChI=1S/C12H14Cl2N2O2S/c1-19(17,18)8-7-16-11(5-6-13)15-10-4-2-3-9(14)12(10)16/h2-4H,5-8H2,1H3. The molecule has 0 amide bonds. The molecule has 0 N–H and O–H groups in total. The van der Waals surface area contributed by atoms with Crippen molar-refractivity contribution < 1.29 is 8.42 Å². The highest BCUT2D eigenvalue weighted by Gasteiger charge is 2.14. The summed E-state index contributed by atoms with van der Waals surface area (Å²) in [5.74, 6) is 1.25. The lowest BCUT2D eigenvalue weighted by atomic mass is 10.3. The van der Waals surface area contributed by atoms with Gasteiger partial charge in [-0.3, -0.25) is 0 Å². The first kappa shape index (κ1) is 14.6. The molecule has 0 fully saturated rings. The molecule has 1 aromatic heterocycles. The van der Waals surface area contributed by atoms with Gasteiger partial charge in [0.15, 0.2) is 0 Å². The lowest BCUT2D eigenvalue weighted by molar-refractivity contribution is 0.594. The van der Waals surface area contributed by atoms with Gasteiger partial charge in [-0.25, -0.2) is 13.4 Å². The number of hydrogen-bond acceptors (Lipinski definition) is 3. The van der Waals surface area contributed by atoms with Crippen molar-refractivity contribution in [2.45, 2.75) is 13.0 Å². The number of imidazole rings is 1. The van der Waals surface area contributed by atoms with Crippen molar-refractivity contribution in [1.29, 1.82) is 0 Å². The Kier molecular flexibility index (Phi) is 4.38. The van der Waals surface area contributed by atoms with Gasteiger partial charge in [-0.1, -0.05) is 17.7 Å². The zero-order valence-corrected chi connectivity index (χ0v) is 12.8. The van der Waals surface area contributed by atoms with Crippen LogP contribution in [0, 0.1) is 0 Å². The normalized spacial score (nSPS) is 12.2. The van der Waals surface area contributed by atoms with Crippen molar-refractivity contribution in [1.82, 2.24) is 9.55 Å². The topological polar surface area (TPSA) is 52.0 Å². The Morgan fingerprint density at radius 1 is 1.37 bits per heavy atom. The second kappa shape index (κ2) is 5.69. The van der Waals surface area contributed by atoms with Gasteiger partial charge in [-0.15, -0.1) is 11.6 Å². The van der Waals surface area contributed by atoms with Gasteiger partial charge in [0.1, 0.15) is 15.7 Å². The van der Waals surface area contributed by atoms with E-state index in [0.717, 1.165) is 16.9 Å². The van der Waals surface area contributed by atoms with Gasteiger partial charge in [0.05, 0.1) is 21.8 Å². The van der Waals surface area contributed by atoms with E-state index in [2.05, 4.69) is 4.98 Å². The molecule has 4 nitrogen and oxygen atoms in total. The van der Waals surface area contributed by atoms with Gasteiger partial charge in [-0.2, -0.15) is 0 Å². The van der Waals surface area contributed by atoms with Gasteiger partial charge >= 0.3 is 0 Å². The average molecular weight is 321 g/mol. The molecule has 1 aromatic carbocycles. The second-order valence-electron chi connectivity index (χ2n) is 4.36. The molecular weight excluding hydrogens is 307 g/mol. The lowest BCUT2D eigenvalue weighted by Crippen LogP contribution is -2.13. The van der Waals surface area contributed by atoms with Crippen molar-refractivity contribution in [2.24, 2.45) is 0 Å². The van der Waals surface area contributed by atoms with Gasteiger partial charge in [0.2, 0.25) is 0 Å². The largest absolute Gasteiger partial charge is 0.326 e. The minimum Gasteiger partial charge on any atom is -0.326 e. The van der Waals surface area contributed by atoms with Gasteiger partial charge < -0.3 is 4.57 Å². The second-order valence-corrected chi connectivity index (χ2v) is 7.40. The monoisotopic (exact) mass is 320 g/mol. The van der Waals surface area contributed by atoms with Crippen molar-refractivity contribution in [3.8, 4) is 0 Å². The van der Waals surface area contributed by atoms with Gasteiger partial charge in [0.25, 0.3) is 0 Å².